The molecule has 1 aromatic rings. The van der Waals surface area contributed by atoms with Crippen LogP contribution >= 0.6 is 0 Å². The zero-order valence-corrected chi connectivity index (χ0v) is 14.3. The molecule has 1 heterocycles. The molecule has 1 aromatic carbocycles. The van der Waals surface area contributed by atoms with Crippen molar-refractivity contribution < 1.29 is 27.5 Å². The Morgan fingerprint density at radius 1 is 0.923 bits per heavy atom. The summed E-state index contributed by atoms with van der Waals surface area (Å²) in [5, 5.41) is 0. The number of amides is 2. The van der Waals surface area contributed by atoms with Crippen molar-refractivity contribution >= 4 is 11.8 Å². The molecule has 0 bridgehead atoms. The number of hydrogen-bond donors (Lipinski definition) is 0. The van der Waals surface area contributed by atoms with E-state index >= 15 is 0 Å². The number of benzene rings is 1. The maximum absolute atomic E-state index is 12.5. The van der Waals surface area contributed by atoms with Crippen LogP contribution < -0.4 is 4.74 Å². The molecule has 142 valence electrons. The van der Waals surface area contributed by atoms with Crippen molar-refractivity contribution in [2.45, 2.75) is 32.0 Å². The highest BCUT2D eigenvalue weighted by molar-refractivity contribution is 5.94. The van der Waals surface area contributed by atoms with E-state index in [-0.39, 0.29) is 23.5 Å². The van der Waals surface area contributed by atoms with Gasteiger partial charge < -0.3 is 14.5 Å². The molecule has 2 fully saturated rings. The predicted octanol–water partition coefficient (Wildman–Crippen LogP) is 3.06. The van der Waals surface area contributed by atoms with Gasteiger partial charge >= 0.3 is 6.36 Å². The molecule has 0 N–H and O–H groups in total. The Morgan fingerprint density at radius 2 is 1.46 bits per heavy atom. The van der Waals surface area contributed by atoms with Crippen molar-refractivity contribution in [3.63, 3.8) is 0 Å². The number of hydrogen-bond acceptors (Lipinski definition) is 3. The van der Waals surface area contributed by atoms with Gasteiger partial charge in [0.15, 0.2) is 0 Å². The van der Waals surface area contributed by atoms with Crippen molar-refractivity contribution in [2.75, 3.05) is 26.2 Å². The van der Waals surface area contributed by atoms with Crippen molar-refractivity contribution in [1.29, 1.82) is 0 Å². The minimum Gasteiger partial charge on any atom is -0.406 e. The van der Waals surface area contributed by atoms with Gasteiger partial charge in [-0.3, -0.25) is 9.59 Å². The second-order valence-electron chi connectivity index (χ2n) is 6.67. The number of piperazine rings is 1. The first-order valence-electron chi connectivity index (χ1n) is 8.77. The van der Waals surface area contributed by atoms with Gasteiger partial charge in [-0.2, -0.15) is 0 Å². The van der Waals surface area contributed by atoms with Crippen LogP contribution in [-0.2, 0) is 4.79 Å². The molecule has 1 aliphatic heterocycles. The summed E-state index contributed by atoms with van der Waals surface area (Å²) < 4.78 is 40.3. The summed E-state index contributed by atoms with van der Waals surface area (Å²) in [4.78, 5) is 28.3. The standard InChI is InChI=1S/C18H21F3N2O3/c19-18(20,21)26-15-7-5-14(6-8-15)17(25)23-11-9-22(10-12-23)16(24)13-3-1-2-4-13/h5-8,13H,1-4,9-12H2. The Labute approximate surface area is 149 Å². The van der Waals surface area contributed by atoms with E-state index in [0.29, 0.717) is 31.7 Å². The van der Waals surface area contributed by atoms with Crippen molar-refractivity contribution in [2.24, 2.45) is 5.92 Å². The first kappa shape index (κ1) is 18.5. The molecule has 0 atom stereocenters. The van der Waals surface area contributed by atoms with Crippen LogP contribution in [0.4, 0.5) is 13.2 Å². The van der Waals surface area contributed by atoms with Gasteiger partial charge in [0.25, 0.3) is 5.91 Å². The lowest BCUT2D eigenvalue weighted by Crippen LogP contribution is -2.51. The van der Waals surface area contributed by atoms with E-state index in [9.17, 15) is 22.8 Å². The van der Waals surface area contributed by atoms with Gasteiger partial charge in [0.05, 0.1) is 0 Å². The number of halogens is 3. The van der Waals surface area contributed by atoms with Crippen LogP contribution in [0.15, 0.2) is 24.3 Å². The molecule has 2 aliphatic rings. The lowest BCUT2D eigenvalue weighted by Gasteiger charge is -2.36. The van der Waals surface area contributed by atoms with E-state index in [2.05, 4.69) is 4.74 Å². The molecular weight excluding hydrogens is 349 g/mol. The number of nitrogens with zero attached hydrogens (tertiary/aromatic N) is 2. The predicted molar refractivity (Wildman–Crippen MR) is 87.6 cm³/mol. The van der Waals surface area contributed by atoms with E-state index in [1.165, 1.54) is 12.1 Å². The normalized spacial score (nSPS) is 18.9. The fraction of sp³-hybridized carbons (Fsp3) is 0.556. The Morgan fingerprint density at radius 3 is 2.00 bits per heavy atom. The molecule has 8 heteroatoms. The monoisotopic (exact) mass is 370 g/mol. The molecule has 26 heavy (non-hydrogen) atoms. The second-order valence-corrected chi connectivity index (χ2v) is 6.67. The van der Waals surface area contributed by atoms with E-state index in [0.717, 1.165) is 37.8 Å². The summed E-state index contributed by atoms with van der Waals surface area (Å²) in [6.07, 6.45) is -0.659. The van der Waals surface area contributed by atoms with Crippen LogP contribution in [0.3, 0.4) is 0 Å². The van der Waals surface area contributed by atoms with Crippen molar-refractivity contribution in [1.82, 2.24) is 9.80 Å². The number of alkyl halides is 3. The summed E-state index contributed by atoms with van der Waals surface area (Å²) in [5.41, 5.74) is 0.301. The van der Waals surface area contributed by atoms with Crippen LogP contribution in [0.5, 0.6) is 5.75 Å². The topological polar surface area (TPSA) is 49.9 Å². The highest BCUT2D eigenvalue weighted by Crippen LogP contribution is 2.27. The zero-order chi connectivity index (χ0) is 18.7. The minimum absolute atomic E-state index is 0.124. The number of carbonyl (C=O) groups is 2. The number of ether oxygens (including phenoxy) is 1. The van der Waals surface area contributed by atoms with Gasteiger partial charge in [0, 0.05) is 37.7 Å². The maximum atomic E-state index is 12.5. The van der Waals surface area contributed by atoms with Crippen LogP contribution in [0.2, 0.25) is 0 Å². The summed E-state index contributed by atoms with van der Waals surface area (Å²) in [6.45, 7) is 1.85. The second kappa shape index (κ2) is 7.55. The summed E-state index contributed by atoms with van der Waals surface area (Å²) in [6, 6.07) is 4.89. The third kappa shape index (κ3) is 4.47. The Balaban J connectivity index is 1.54. The summed E-state index contributed by atoms with van der Waals surface area (Å²) in [7, 11) is 0. The highest BCUT2D eigenvalue weighted by atomic mass is 19.4. The van der Waals surface area contributed by atoms with Crippen LogP contribution in [0.1, 0.15) is 36.0 Å². The number of carbonyl (C=O) groups excluding carboxylic acids is 2. The molecule has 0 radical (unpaired) electrons. The third-order valence-electron chi connectivity index (χ3n) is 4.92. The first-order chi connectivity index (χ1) is 12.3. The molecule has 0 unspecified atom stereocenters. The SMILES string of the molecule is O=C(c1ccc(OC(F)(F)F)cc1)N1CCN(C(=O)C2CCCC2)CC1. The lowest BCUT2D eigenvalue weighted by molar-refractivity contribution is -0.274. The first-order valence-corrected chi connectivity index (χ1v) is 8.77. The Bertz CT molecular complexity index is 647. The molecule has 1 saturated carbocycles. The van der Waals surface area contributed by atoms with Crippen LogP contribution in [-0.4, -0.2) is 54.2 Å². The average Bonchev–Trinajstić information content (AvgIpc) is 3.14. The zero-order valence-electron chi connectivity index (χ0n) is 14.3. The van der Waals surface area contributed by atoms with Gasteiger partial charge in [0.1, 0.15) is 5.75 Å². The molecule has 5 nitrogen and oxygen atoms in total. The fourth-order valence-corrected chi connectivity index (χ4v) is 3.54. The van der Waals surface area contributed by atoms with Gasteiger partial charge in [0.2, 0.25) is 5.91 Å². The smallest absolute Gasteiger partial charge is 0.406 e. The Hall–Kier alpha value is -2.25. The highest BCUT2D eigenvalue weighted by Gasteiger charge is 2.32. The van der Waals surface area contributed by atoms with Crippen molar-refractivity contribution in [3.05, 3.63) is 29.8 Å². The molecule has 0 aromatic heterocycles. The largest absolute Gasteiger partial charge is 0.573 e. The van der Waals surface area contributed by atoms with E-state index in [1.807, 2.05) is 4.90 Å². The third-order valence-corrected chi connectivity index (χ3v) is 4.92. The van der Waals surface area contributed by atoms with Gasteiger partial charge in [-0.1, -0.05) is 12.8 Å². The molecule has 1 aliphatic carbocycles. The van der Waals surface area contributed by atoms with Gasteiger partial charge in [-0.25, -0.2) is 0 Å². The summed E-state index contributed by atoms with van der Waals surface area (Å²) in [5.74, 6) is -0.306. The van der Waals surface area contributed by atoms with E-state index in [4.69, 9.17) is 0 Å². The lowest BCUT2D eigenvalue weighted by atomic mass is 10.1. The van der Waals surface area contributed by atoms with Gasteiger partial charge in [-0.05, 0) is 37.1 Å². The Kier molecular flexibility index (Phi) is 5.38. The molecule has 0 spiro atoms. The summed E-state index contributed by atoms with van der Waals surface area (Å²) >= 11 is 0. The van der Waals surface area contributed by atoms with E-state index in [1.54, 1.807) is 4.90 Å². The molecule has 1 saturated heterocycles. The fourth-order valence-electron chi connectivity index (χ4n) is 3.54. The quantitative estimate of drug-likeness (QED) is 0.822. The van der Waals surface area contributed by atoms with Crippen LogP contribution in [0, 0.1) is 5.92 Å². The van der Waals surface area contributed by atoms with Crippen molar-refractivity contribution in [3.8, 4) is 5.75 Å². The molecular formula is C18H21F3N2O3. The molecule has 3 rings (SSSR count). The minimum atomic E-state index is -4.76. The average molecular weight is 370 g/mol. The van der Waals surface area contributed by atoms with Gasteiger partial charge in [-0.15, -0.1) is 13.2 Å². The number of rotatable bonds is 3. The van der Waals surface area contributed by atoms with Crippen LogP contribution in [0.25, 0.3) is 0 Å². The molecule has 2 amide bonds. The van der Waals surface area contributed by atoms with E-state index < -0.39 is 6.36 Å². The maximum Gasteiger partial charge on any atom is 0.573 e.